The van der Waals surface area contributed by atoms with Gasteiger partial charge in [-0.2, -0.15) is 0 Å². The average molecular weight is 461 g/mol. The Balaban J connectivity index is 0.00000210. The third-order valence-electron chi connectivity index (χ3n) is 5.00. The van der Waals surface area contributed by atoms with E-state index in [-0.39, 0.29) is 8.84 Å². The molecule has 0 aliphatic carbocycles. The fourth-order valence-corrected chi connectivity index (χ4v) is 5.87. The van der Waals surface area contributed by atoms with Crippen LogP contribution in [0, 0.1) is 0 Å². The van der Waals surface area contributed by atoms with E-state index in [0.717, 1.165) is 0 Å². The number of hydrogen-bond donors (Lipinski definition) is 0. The first-order valence-corrected chi connectivity index (χ1v) is 10.9. The zero-order valence-electron chi connectivity index (χ0n) is 15.1. The van der Waals surface area contributed by atoms with Gasteiger partial charge in [0.05, 0.1) is 0 Å². The molecule has 0 heterocycles. The minimum absolute atomic E-state index is 0. The first-order valence-electron chi connectivity index (χ1n) is 8.91. The molecule has 4 aromatic rings. The molecular formula is C25H23OSb. The molecule has 1 N–H and O–H groups in total. The first-order chi connectivity index (χ1) is 12.8. The van der Waals surface area contributed by atoms with Crippen molar-refractivity contribution >= 4 is 23.0 Å². The Morgan fingerprint density at radius 3 is 1.41 bits per heavy atom. The van der Waals surface area contributed by atoms with Gasteiger partial charge in [-0.1, -0.05) is 0 Å². The van der Waals surface area contributed by atoms with Crippen molar-refractivity contribution in [3.05, 3.63) is 132 Å². The quantitative estimate of drug-likeness (QED) is 0.316. The van der Waals surface area contributed by atoms with Gasteiger partial charge in [-0.3, -0.25) is 0 Å². The van der Waals surface area contributed by atoms with Gasteiger partial charge in [0.25, 0.3) is 0 Å². The van der Waals surface area contributed by atoms with Crippen LogP contribution in [0.2, 0.25) is 0 Å². The summed E-state index contributed by atoms with van der Waals surface area (Å²) >= 11 is 0.678. The molecule has 0 saturated heterocycles. The molecule has 4 rings (SSSR count). The third-order valence-corrected chi connectivity index (χ3v) is 8.42. The Labute approximate surface area is 174 Å². The average Bonchev–Trinajstić information content (AvgIpc) is 2.75. The second kappa shape index (κ2) is 8.56. The van der Waals surface area contributed by atoms with Gasteiger partial charge in [-0.15, -0.1) is 0 Å². The standard InChI is InChI=1S/C25H19.H2O.Sb.3H/c1-4-12-20(13-5-1)23-18-10-11-19-24(23)25(21-14-6-2-7-15-21)22-16-8-3-9-17-22;;;;;/h1-19H;1H2;;;;/q;;+1;;;/p-1. The zero-order valence-corrected chi connectivity index (χ0v) is 19.2. The van der Waals surface area contributed by atoms with Gasteiger partial charge >= 0.3 is 169 Å². The van der Waals surface area contributed by atoms with E-state index in [1.807, 2.05) is 0 Å². The summed E-state index contributed by atoms with van der Waals surface area (Å²) in [6, 6.07) is 41.5. The van der Waals surface area contributed by atoms with Crippen LogP contribution in [0.4, 0.5) is 0 Å². The number of hydrogen-bond acceptors (Lipinski definition) is 1. The second-order valence-corrected chi connectivity index (χ2v) is 9.58. The molecule has 2 heteroatoms. The van der Waals surface area contributed by atoms with Crippen molar-refractivity contribution in [2.24, 2.45) is 0 Å². The molecule has 0 aromatic heterocycles. The summed E-state index contributed by atoms with van der Waals surface area (Å²) in [6.45, 7) is 0. The van der Waals surface area contributed by atoms with Crippen LogP contribution in [0.25, 0.3) is 11.1 Å². The Hall–Kier alpha value is -2.34. The molecule has 0 amide bonds. The Morgan fingerprint density at radius 2 is 0.889 bits per heavy atom. The maximum atomic E-state index is 2.31. The van der Waals surface area contributed by atoms with Crippen LogP contribution < -0.4 is 0 Å². The normalized spacial score (nSPS) is 11.0. The van der Waals surface area contributed by atoms with Crippen molar-refractivity contribution in [2.75, 3.05) is 0 Å². The Bertz CT molecular complexity index is 943. The molecule has 0 bridgehead atoms. The summed E-state index contributed by atoms with van der Waals surface area (Å²) in [5, 5.41) is 0. The van der Waals surface area contributed by atoms with Gasteiger partial charge in [-0.25, -0.2) is 0 Å². The van der Waals surface area contributed by atoms with E-state index in [4.69, 9.17) is 0 Å². The van der Waals surface area contributed by atoms with E-state index >= 15 is 0 Å². The van der Waals surface area contributed by atoms with Gasteiger partial charge in [0, 0.05) is 0 Å². The van der Waals surface area contributed by atoms with Crippen LogP contribution in [-0.4, -0.2) is 28.5 Å². The van der Waals surface area contributed by atoms with E-state index in [1.54, 1.807) is 0 Å². The summed E-state index contributed by atoms with van der Waals surface area (Å²) < 4.78 is -0.0572. The van der Waals surface area contributed by atoms with Crippen molar-refractivity contribution in [2.45, 2.75) is 3.36 Å². The third kappa shape index (κ3) is 3.71. The topological polar surface area (TPSA) is 30.0 Å². The summed E-state index contributed by atoms with van der Waals surface area (Å²) in [7, 11) is 0. The summed E-state index contributed by atoms with van der Waals surface area (Å²) in [4.78, 5) is 0. The van der Waals surface area contributed by atoms with Crippen LogP contribution in [0.5, 0.6) is 0 Å². The molecule has 0 spiro atoms. The fourth-order valence-electron chi connectivity index (χ4n) is 3.65. The summed E-state index contributed by atoms with van der Waals surface area (Å²) in [5.41, 5.74) is 6.75. The van der Waals surface area contributed by atoms with Gasteiger partial charge in [0.15, 0.2) is 0 Å². The van der Waals surface area contributed by atoms with Crippen LogP contribution in [0.15, 0.2) is 115 Å². The molecule has 4 aromatic carbocycles. The molecule has 134 valence electrons. The molecule has 0 unspecified atom stereocenters. The molecule has 0 saturated carbocycles. The molecule has 0 fully saturated rings. The van der Waals surface area contributed by atoms with E-state index in [0.29, 0.717) is 23.0 Å². The van der Waals surface area contributed by atoms with Gasteiger partial charge < -0.3 is 5.48 Å². The first kappa shape index (κ1) is 19.4. The van der Waals surface area contributed by atoms with Gasteiger partial charge in [-0.05, 0) is 0 Å². The molecule has 0 atom stereocenters. The van der Waals surface area contributed by atoms with Crippen molar-refractivity contribution in [3.8, 4) is 11.1 Å². The summed E-state index contributed by atoms with van der Waals surface area (Å²) in [6.07, 6.45) is 0. The number of benzene rings is 4. The zero-order chi connectivity index (χ0) is 17.8. The van der Waals surface area contributed by atoms with Crippen molar-refractivity contribution < 1.29 is 5.48 Å². The van der Waals surface area contributed by atoms with E-state index in [1.165, 1.54) is 27.8 Å². The SMILES string of the molecule is [OH-].[SbH3+][C](c1ccccc1)(c1ccccc1)c1ccccc1-c1ccccc1. The Kier molecular flexibility index (Phi) is 6.16. The van der Waals surface area contributed by atoms with Crippen LogP contribution >= 0.6 is 0 Å². The van der Waals surface area contributed by atoms with Crippen LogP contribution in [0.1, 0.15) is 16.7 Å². The van der Waals surface area contributed by atoms with Crippen molar-refractivity contribution in [1.29, 1.82) is 0 Å². The maximum absolute atomic E-state index is 2.31. The van der Waals surface area contributed by atoms with E-state index in [9.17, 15) is 0 Å². The summed E-state index contributed by atoms with van der Waals surface area (Å²) in [5.74, 6) is 0. The molecule has 27 heavy (non-hydrogen) atoms. The minimum atomic E-state index is -0.0572. The van der Waals surface area contributed by atoms with Crippen molar-refractivity contribution in [3.63, 3.8) is 0 Å². The monoisotopic (exact) mass is 460 g/mol. The van der Waals surface area contributed by atoms with Gasteiger partial charge in [0.2, 0.25) is 0 Å². The molecule has 0 aliphatic heterocycles. The van der Waals surface area contributed by atoms with E-state index < -0.39 is 0 Å². The molecule has 0 aliphatic rings. The molecular weight excluding hydrogens is 438 g/mol. The van der Waals surface area contributed by atoms with Crippen molar-refractivity contribution in [1.82, 2.24) is 0 Å². The predicted octanol–water partition coefficient (Wildman–Crippen LogP) is 4.83. The fraction of sp³-hybridized carbons (Fsp3) is 0.0400. The molecule has 1 nitrogen and oxygen atoms in total. The number of rotatable bonds is 4. The second-order valence-electron chi connectivity index (χ2n) is 6.55. The van der Waals surface area contributed by atoms with E-state index in [2.05, 4.69) is 115 Å². The van der Waals surface area contributed by atoms with Crippen LogP contribution in [-0.2, 0) is 3.36 Å². The Morgan fingerprint density at radius 1 is 0.481 bits per heavy atom. The predicted molar refractivity (Wildman–Crippen MR) is 117 cm³/mol. The van der Waals surface area contributed by atoms with Gasteiger partial charge in [0.1, 0.15) is 0 Å². The molecule has 0 radical (unpaired) electrons. The van der Waals surface area contributed by atoms with Crippen LogP contribution in [0.3, 0.4) is 0 Å².